The first kappa shape index (κ1) is 33.5. The number of carboxylic acids is 1. The number of nitrogen functional groups attached to an aromatic ring is 1. The highest BCUT2D eigenvalue weighted by molar-refractivity contribution is 7.88. The minimum absolute atomic E-state index is 0.101. The monoisotopic (exact) mass is 603 g/mol. The summed E-state index contributed by atoms with van der Waals surface area (Å²) in [5.41, 5.74) is 10.4. The number of benzene rings is 3. The summed E-state index contributed by atoms with van der Waals surface area (Å²) in [6, 6.07) is 20.6. The molecule has 5 N–H and O–H groups in total. The number of aliphatic carboxylic acids is 1. The molecule has 3 aromatic carbocycles. The number of nitriles is 1. The van der Waals surface area contributed by atoms with Crippen LogP contribution in [0.4, 0.5) is 18.9 Å². The number of amidine groups is 1. The number of aryl methyl sites for hydroxylation is 1. The van der Waals surface area contributed by atoms with Gasteiger partial charge in [-0.25, -0.2) is 13.2 Å². The van der Waals surface area contributed by atoms with Gasteiger partial charge in [-0.05, 0) is 59.9 Å². The number of hydrogen-bond donors (Lipinski definition) is 4. The van der Waals surface area contributed by atoms with Gasteiger partial charge in [0.1, 0.15) is 11.9 Å². The molecule has 0 saturated carbocycles. The number of rotatable bonds is 8. The first-order valence-corrected chi connectivity index (χ1v) is 13.9. The molecular formula is C28H28F3N5O5S. The Labute approximate surface area is 240 Å². The van der Waals surface area contributed by atoms with Gasteiger partial charge in [-0.1, -0.05) is 42.5 Å². The van der Waals surface area contributed by atoms with Crippen LogP contribution in [0.5, 0.6) is 0 Å². The third-order valence-electron chi connectivity index (χ3n) is 5.93. The maximum atomic E-state index is 13.2. The van der Waals surface area contributed by atoms with Crippen LogP contribution in [0, 0.1) is 23.7 Å². The molecule has 1 atom stereocenters. The Morgan fingerprint density at radius 2 is 1.71 bits per heavy atom. The normalized spacial score (nSPS) is 12.0. The number of halogens is 3. The number of carbonyl (C=O) groups excluding carboxylic acids is 1. The molecule has 10 nitrogen and oxygen atoms in total. The van der Waals surface area contributed by atoms with Gasteiger partial charge in [0.05, 0.1) is 17.9 Å². The molecular weight excluding hydrogens is 575 g/mol. The number of carboxylic acid groups (broad SMARTS) is 1. The predicted molar refractivity (Wildman–Crippen MR) is 151 cm³/mol. The number of hydrogen-bond acceptors (Lipinski definition) is 6. The highest BCUT2D eigenvalue weighted by atomic mass is 32.2. The van der Waals surface area contributed by atoms with Crippen LogP contribution in [-0.2, 0) is 26.0 Å². The molecule has 0 bridgehead atoms. The van der Waals surface area contributed by atoms with E-state index in [1.54, 1.807) is 48.5 Å². The minimum atomic E-state index is -5.08. The summed E-state index contributed by atoms with van der Waals surface area (Å²) >= 11 is 0. The van der Waals surface area contributed by atoms with E-state index in [4.69, 9.17) is 21.0 Å². The lowest BCUT2D eigenvalue weighted by atomic mass is 9.98. The van der Waals surface area contributed by atoms with E-state index < -0.39 is 34.1 Å². The quantitative estimate of drug-likeness (QED) is 0.223. The van der Waals surface area contributed by atoms with Crippen LogP contribution in [0.3, 0.4) is 0 Å². The van der Waals surface area contributed by atoms with Crippen molar-refractivity contribution in [1.29, 1.82) is 10.7 Å². The zero-order valence-electron chi connectivity index (χ0n) is 22.7. The van der Waals surface area contributed by atoms with E-state index in [1.807, 2.05) is 25.1 Å². The third-order valence-corrected chi connectivity index (χ3v) is 7.23. The van der Waals surface area contributed by atoms with Crippen molar-refractivity contribution >= 4 is 33.4 Å². The van der Waals surface area contributed by atoms with E-state index >= 15 is 0 Å². The second-order valence-corrected chi connectivity index (χ2v) is 11.2. The summed E-state index contributed by atoms with van der Waals surface area (Å²) in [6.45, 7) is 1.92. The van der Waals surface area contributed by atoms with Gasteiger partial charge in [0.25, 0.3) is 0 Å². The van der Waals surface area contributed by atoms with Gasteiger partial charge < -0.3 is 16.2 Å². The van der Waals surface area contributed by atoms with Crippen LogP contribution in [0.1, 0.15) is 22.3 Å². The number of carbonyl (C=O) groups is 2. The van der Waals surface area contributed by atoms with Crippen molar-refractivity contribution in [2.75, 3.05) is 18.6 Å². The Morgan fingerprint density at radius 3 is 2.21 bits per heavy atom. The molecule has 0 heterocycles. The number of amides is 1. The zero-order valence-corrected chi connectivity index (χ0v) is 23.5. The first-order chi connectivity index (χ1) is 19.4. The van der Waals surface area contributed by atoms with E-state index in [1.165, 1.54) is 7.05 Å². The van der Waals surface area contributed by atoms with Crippen LogP contribution in [0.25, 0.3) is 11.1 Å². The molecule has 222 valence electrons. The fraction of sp³-hybridized carbons (Fsp3) is 0.214. The fourth-order valence-electron chi connectivity index (χ4n) is 3.67. The molecule has 1 amide bonds. The van der Waals surface area contributed by atoms with Crippen LogP contribution in [0.15, 0.2) is 66.7 Å². The molecule has 0 aromatic heterocycles. The molecule has 42 heavy (non-hydrogen) atoms. The van der Waals surface area contributed by atoms with Gasteiger partial charge in [-0.3, -0.25) is 10.2 Å². The molecule has 0 aliphatic carbocycles. The molecule has 14 heteroatoms. The first-order valence-electron chi connectivity index (χ1n) is 12.0. The highest BCUT2D eigenvalue weighted by Crippen LogP contribution is 2.26. The number of nitrogens with one attached hydrogen (secondary N) is 2. The molecule has 0 saturated heterocycles. The molecule has 0 fully saturated rings. The smallest absolute Gasteiger partial charge is 0.475 e. The number of alkyl halides is 3. The van der Waals surface area contributed by atoms with E-state index in [9.17, 15) is 31.6 Å². The lowest BCUT2D eigenvalue weighted by molar-refractivity contribution is -0.192. The molecule has 0 aliphatic rings. The van der Waals surface area contributed by atoms with Crippen molar-refractivity contribution in [1.82, 2.24) is 4.31 Å². The second kappa shape index (κ2) is 13.7. The van der Waals surface area contributed by atoms with Crippen molar-refractivity contribution in [3.05, 3.63) is 89.0 Å². The lowest BCUT2D eigenvalue weighted by Gasteiger charge is -2.25. The largest absolute Gasteiger partial charge is 0.490 e. The Hall–Kier alpha value is -4.74. The van der Waals surface area contributed by atoms with Gasteiger partial charge in [0.15, 0.2) is 0 Å². The van der Waals surface area contributed by atoms with E-state index in [0.29, 0.717) is 22.4 Å². The number of nitrogens with zero attached hydrogens (tertiary/aromatic N) is 2. The Bertz CT molecular complexity index is 1620. The van der Waals surface area contributed by atoms with Crippen LogP contribution in [0.2, 0.25) is 0 Å². The number of nitrogens with two attached hydrogens (primary N) is 1. The summed E-state index contributed by atoms with van der Waals surface area (Å²) in [7, 11) is -2.31. The molecule has 3 aromatic rings. The molecule has 0 radical (unpaired) electrons. The molecule has 0 aliphatic heterocycles. The number of sulfonamides is 1. The lowest BCUT2D eigenvalue weighted by Crippen LogP contribution is -2.46. The van der Waals surface area contributed by atoms with E-state index in [2.05, 4.69) is 11.4 Å². The van der Waals surface area contributed by atoms with E-state index in [-0.39, 0.29) is 12.3 Å². The van der Waals surface area contributed by atoms with Gasteiger partial charge in [0.2, 0.25) is 15.9 Å². The average molecular weight is 604 g/mol. The SMILES string of the molecule is Cc1ccc(-c2ccc(NC(=O)[C@H](Cc3cccc(C(=N)N)c3)N(C)S(C)(=O)=O)cc2)c(C#N)c1.O=C(O)C(F)(F)F. The molecule has 3 rings (SSSR count). The van der Waals surface area contributed by atoms with Gasteiger partial charge in [0, 0.05) is 18.3 Å². The summed E-state index contributed by atoms with van der Waals surface area (Å²) in [5.74, 6) is -3.36. The van der Waals surface area contributed by atoms with Crippen LogP contribution >= 0.6 is 0 Å². The van der Waals surface area contributed by atoms with Crippen LogP contribution in [-0.4, -0.2) is 61.1 Å². The Balaban J connectivity index is 0.000000782. The molecule has 0 unspecified atom stereocenters. The summed E-state index contributed by atoms with van der Waals surface area (Å²) in [5, 5.41) is 27.0. The van der Waals surface area contributed by atoms with Crippen molar-refractivity contribution in [3.63, 3.8) is 0 Å². The highest BCUT2D eigenvalue weighted by Gasteiger charge is 2.38. The Morgan fingerprint density at radius 1 is 1.12 bits per heavy atom. The average Bonchev–Trinajstić information content (AvgIpc) is 2.91. The minimum Gasteiger partial charge on any atom is -0.475 e. The van der Waals surface area contributed by atoms with Crippen molar-refractivity contribution in [2.45, 2.75) is 25.6 Å². The van der Waals surface area contributed by atoms with Gasteiger partial charge >= 0.3 is 12.1 Å². The number of likely N-dealkylation sites (N-methyl/N-ethyl adjacent to an activating group) is 1. The predicted octanol–water partition coefficient (Wildman–Crippen LogP) is 3.89. The maximum absolute atomic E-state index is 13.2. The second-order valence-electron chi connectivity index (χ2n) is 9.14. The zero-order chi connectivity index (χ0) is 31.8. The Kier molecular flexibility index (Phi) is 11.0. The van der Waals surface area contributed by atoms with Crippen molar-refractivity contribution < 1.29 is 36.3 Å². The topological polar surface area (TPSA) is 177 Å². The van der Waals surface area contributed by atoms with E-state index in [0.717, 1.165) is 27.3 Å². The summed E-state index contributed by atoms with van der Waals surface area (Å²) < 4.78 is 57.3. The standard InChI is InChI=1S/C26H27N5O3S.C2HF3O2/c1-17-7-12-23(21(13-17)16-27)19-8-10-22(11-9-19)30-26(32)24(31(2)35(3,33)34)15-18-5-4-6-20(14-18)25(28)29;3-2(4,5)1(6)7/h4-14,24H,15H2,1-3H3,(H3,28,29)(H,30,32);(H,6,7)/t24-;/m0./s1. The van der Waals surface area contributed by atoms with Crippen molar-refractivity contribution in [2.24, 2.45) is 5.73 Å². The summed E-state index contributed by atoms with van der Waals surface area (Å²) in [4.78, 5) is 22.1. The number of anilines is 1. The molecule has 0 spiro atoms. The van der Waals surface area contributed by atoms with Crippen LogP contribution < -0.4 is 11.1 Å². The van der Waals surface area contributed by atoms with Crippen molar-refractivity contribution in [3.8, 4) is 17.2 Å². The third kappa shape index (κ3) is 9.43. The maximum Gasteiger partial charge on any atom is 0.490 e. The van der Waals surface area contributed by atoms with Gasteiger partial charge in [-0.15, -0.1) is 0 Å². The fourth-order valence-corrected chi connectivity index (χ4v) is 4.30. The summed E-state index contributed by atoms with van der Waals surface area (Å²) in [6.07, 6.45) is -3.94. The van der Waals surface area contributed by atoms with Gasteiger partial charge in [-0.2, -0.15) is 22.7 Å².